The smallest absolute Gasteiger partial charge is 0.309 e. The van der Waals surface area contributed by atoms with Crippen LogP contribution in [0.2, 0.25) is 0 Å². The zero-order valence-corrected chi connectivity index (χ0v) is 37.8. The number of aliphatic hydroxyl groups is 8. The van der Waals surface area contributed by atoms with E-state index >= 15 is 0 Å². The van der Waals surface area contributed by atoms with Gasteiger partial charge < -0.3 is 70.6 Å². The van der Waals surface area contributed by atoms with Gasteiger partial charge in [0.25, 0.3) is 0 Å². The van der Waals surface area contributed by atoms with Gasteiger partial charge in [-0.1, -0.05) is 113 Å². The summed E-state index contributed by atoms with van der Waals surface area (Å²) in [5, 5.41) is 97.0. The highest BCUT2D eigenvalue weighted by atomic mass is 16.7. The Balaban J connectivity index is 0.0000145. The lowest BCUT2D eigenvalue weighted by Gasteiger charge is -2.44. The Morgan fingerprint density at radius 3 is 1.85 bits per heavy atom. The van der Waals surface area contributed by atoms with Gasteiger partial charge in [0, 0.05) is 43.6 Å². The SMILES string of the molecule is C.CC1OC(O[C@H]2/C=C/C=C/C=C/C=C/C=C/C=C/C=C/[C@H](C)[C@@H](O)[C@@H](C)[C@H](C)OC(=O)C[C@H](O)C[C@H](O)CC[C@@H](O)[C@H](O)C[C@H](O)C[C@]3(O)CC[C@@H](C(=O)O)C(C2)O3)C(O)C(N)C1C. The van der Waals surface area contributed by atoms with E-state index < -0.39 is 122 Å². The molecule has 0 spiro atoms. The van der Waals surface area contributed by atoms with Crippen molar-refractivity contribution in [3.63, 3.8) is 0 Å². The van der Waals surface area contributed by atoms with E-state index in [1.165, 1.54) is 0 Å². The van der Waals surface area contributed by atoms with Gasteiger partial charge in [0.2, 0.25) is 0 Å². The van der Waals surface area contributed by atoms with E-state index in [4.69, 9.17) is 24.7 Å². The van der Waals surface area contributed by atoms with E-state index in [9.17, 15) is 55.5 Å². The molecule has 2 saturated heterocycles. The Kier molecular flexibility index (Phi) is 25.5. The maximum Gasteiger partial charge on any atom is 0.309 e. The summed E-state index contributed by atoms with van der Waals surface area (Å²) in [6, 6.07) is -0.659. The van der Waals surface area contributed by atoms with Crippen LogP contribution in [-0.4, -0.2) is 143 Å². The number of fused-ring (bicyclic) bond motifs is 2. The van der Waals surface area contributed by atoms with Crippen molar-refractivity contribution >= 4 is 11.9 Å². The van der Waals surface area contributed by atoms with Gasteiger partial charge >= 0.3 is 11.9 Å². The number of carbonyl (C=O) groups is 2. The van der Waals surface area contributed by atoms with Crippen molar-refractivity contribution in [3.05, 3.63) is 85.1 Å². The molecule has 18 atom stereocenters. The minimum absolute atomic E-state index is 0. The lowest BCUT2D eigenvalue weighted by molar-refractivity contribution is -0.292. The first-order valence-electron chi connectivity index (χ1n) is 22.5. The minimum atomic E-state index is -2.01. The van der Waals surface area contributed by atoms with Crippen molar-refractivity contribution in [1.82, 2.24) is 0 Å². The number of esters is 1. The summed E-state index contributed by atoms with van der Waals surface area (Å²) in [5.41, 5.74) is 6.28. The van der Waals surface area contributed by atoms with Gasteiger partial charge in [-0.05, 0) is 45.4 Å². The van der Waals surface area contributed by atoms with Crippen molar-refractivity contribution in [1.29, 1.82) is 0 Å². The predicted octanol–water partition coefficient (Wildman–Crippen LogP) is 3.65. The number of carbonyl (C=O) groups excluding carboxylic acids is 1. The van der Waals surface area contributed by atoms with Gasteiger partial charge in [0.05, 0.1) is 67.3 Å². The number of carboxylic acid groups (broad SMARTS) is 1. The number of carboxylic acids is 1. The first-order chi connectivity index (χ1) is 30.2. The summed E-state index contributed by atoms with van der Waals surface area (Å²) < 4.78 is 23.7. The van der Waals surface area contributed by atoms with Gasteiger partial charge in [-0.25, -0.2) is 0 Å². The third-order valence-electron chi connectivity index (χ3n) is 12.5. The monoisotopic (exact) mass is 922 g/mol. The molecule has 3 rings (SSSR count). The molecule has 0 aromatic rings. The van der Waals surface area contributed by atoms with Crippen molar-refractivity contribution < 1.29 is 74.5 Å². The van der Waals surface area contributed by atoms with Crippen molar-refractivity contribution in [2.75, 3.05) is 0 Å². The summed E-state index contributed by atoms with van der Waals surface area (Å²) in [5.74, 6) is -5.83. The lowest BCUT2D eigenvalue weighted by atomic mass is 9.85. The van der Waals surface area contributed by atoms with Crippen LogP contribution in [0.1, 0.15) is 99.8 Å². The highest BCUT2D eigenvalue weighted by Gasteiger charge is 2.46. The molecule has 16 nitrogen and oxygen atoms in total. The van der Waals surface area contributed by atoms with E-state index in [1.807, 2.05) is 75.5 Å². The molecule has 3 aliphatic heterocycles. The number of allylic oxidation sites excluding steroid dienone is 12. The Labute approximate surface area is 385 Å². The fraction of sp³-hybridized carbons (Fsp3) is 0.673. The van der Waals surface area contributed by atoms with E-state index in [2.05, 4.69) is 0 Å². The molecule has 3 aliphatic rings. The van der Waals surface area contributed by atoms with Crippen molar-refractivity contribution in [2.45, 2.75) is 185 Å². The number of nitrogens with two attached hydrogens (primary N) is 1. The summed E-state index contributed by atoms with van der Waals surface area (Å²) in [6.45, 7) is 8.93. The number of ether oxygens (including phenoxy) is 4. The fourth-order valence-corrected chi connectivity index (χ4v) is 8.00. The molecule has 3 heterocycles. The predicted molar refractivity (Wildman–Crippen MR) is 245 cm³/mol. The number of aliphatic hydroxyl groups excluding tert-OH is 7. The molecule has 2 bridgehead atoms. The molecule has 0 aliphatic carbocycles. The first kappa shape index (κ1) is 57.8. The zero-order valence-electron chi connectivity index (χ0n) is 37.8. The van der Waals surface area contributed by atoms with Gasteiger partial charge in [-0.15, -0.1) is 0 Å². The van der Waals surface area contributed by atoms with Gasteiger partial charge in [-0.3, -0.25) is 9.59 Å². The molecule has 16 heteroatoms. The maximum absolute atomic E-state index is 12.6. The number of aliphatic carboxylic acids is 1. The number of hydrogen-bond donors (Lipinski definition) is 10. The molecule has 11 N–H and O–H groups in total. The standard InChI is InChI=1S/C48H75NO15.CH4/c1-29-18-16-14-12-10-8-6-7-9-11-13-15-17-19-37(63-47-45(57)43(49)30(2)32(4)62-47)27-41-38(46(58)59)22-23-48(60,64-41)28-36(52)25-40(54)39(53)21-20-34(50)24-35(51)26-42(55)61-33(5)31(3)44(29)56;/h6-19,29-41,43-45,47,50-54,56-57,60H,20-28,49H2,1-5H3,(H,58,59);1H4/b7-6+,10-8+,11-9+,14-12+,15-13+,18-16+,19-17+;/t29-,30?,31-,32?,33-,34+,35+,36-,37-,38+,39+,40+,41?,43?,44+,45?,47?,48-;/m0./s1. The summed E-state index contributed by atoms with van der Waals surface area (Å²) >= 11 is 0. The second-order valence-corrected chi connectivity index (χ2v) is 17.8. The maximum atomic E-state index is 12.6. The largest absolute Gasteiger partial charge is 0.481 e. The lowest BCUT2D eigenvalue weighted by Crippen LogP contribution is -2.58. The van der Waals surface area contributed by atoms with Crippen LogP contribution in [0.25, 0.3) is 0 Å². The molecule has 0 saturated carbocycles. The molecule has 65 heavy (non-hydrogen) atoms. The van der Waals surface area contributed by atoms with Gasteiger partial charge in [-0.2, -0.15) is 0 Å². The number of cyclic esters (lactones) is 1. The van der Waals surface area contributed by atoms with Crippen LogP contribution in [-0.2, 0) is 28.5 Å². The van der Waals surface area contributed by atoms with E-state index in [1.54, 1.807) is 44.2 Å². The highest BCUT2D eigenvalue weighted by molar-refractivity contribution is 5.71. The Morgan fingerprint density at radius 2 is 1.26 bits per heavy atom. The third-order valence-corrected chi connectivity index (χ3v) is 12.5. The Hall–Kier alpha value is -3.36. The third kappa shape index (κ3) is 19.8. The summed E-state index contributed by atoms with van der Waals surface area (Å²) in [6.07, 6.45) is 10.2. The molecule has 0 radical (unpaired) electrons. The Morgan fingerprint density at radius 1 is 0.692 bits per heavy atom. The topological polar surface area (TPSA) is 279 Å². The summed E-state index contributed by atoms with van der Waals surface area (Å²) in [4.78, 5) is 25.1. The van der Waals surface area contributed by atoms with Crippen LogP contribution in [0.4, 0.5) is 0 Å². The van der Waals surface area contributed by atoms with Crippen LogP contribution in [0.5, 0.6) is 0 Å². The average Bonchev–Trinajstić information content (AvgIpc) is 3.22. The summed E-state index contributed by atoms with van der Waals surface area (Å²) in [7, 11) is 0. The second-order valence-electron chi connectivity index (χ2n) is 17.8. The molecular weight excluding hydrogens is 843 g/mol. The molecule has 370 valence electrons. The molecule has 0 aromatic heterocycles. The first-order valence-corrected chi connectivity index (χ1v) is 22.5. The van der Waals surface area contributed by atoms with Crippen LogP contribution >= 0.6 is 0 Å². The van der Waals surface area contributed by atoms with E-state index in [0.717, 1.165) is 0 Å². The van der Waals surface area contributed by atoms with Crippen LogP contribution < -0.4 is 5.73 Å². The molecule has 2 fully saturated rings. The van der Waals surface area contributed by atoms with Crippen molar-refractivity contribution in [2.24, 2.45) is 29.4 Å². The van der Waals surface area contributed by atoms with Crippen molar-refractivity contribution in [3.8, 4) is 0 Å². The average molecular weight is 922 g/mol. The molecule has 6 unspecified atom stereocenters. The quantitative estimate of drug-likeness (QED) is 0.181. The fourth-order valence-electron chi connectivity index (χ4n) is 8.00. The number of rotatable bonds is 3. The second kappa shape index (κ2) is 28.7. The van der Waals surface area contributed by atoms with E-state index in [0.29, 0.717) is 0 Å². The van der Waals surface area contributed by atoms with Gasteiger partial charge in [0.15, 0.2) is 12.1 Å². The highest BCUT2D eigenvalue weighted by Crippen LogP contribution is 2.38. The van der Waals surface area contributed by atoms with Crippen LogP contribution in [0.3, 0.4) is 0 Å². The molecular formula is C49H79NO15. The van der Waals surface area contributed by atoms with Crippen LogP contribution in [0.15, 0.2) is 85.1 Å². The van der Waals surface area contributed by atoms with E-state index in [-0.39, 0.29) is 63.9 Å². The minimum Gasteiger partial charge on any atom is -0.481 e. The Bertz CT molecular complexity index is 1630. The van der Waals surface area contributed by atoms with Gasteiger partial charge in [0.1, 0.15) is 12.2 Å². The zero-order chi connectivity index (χ0) is 47.6. The van der Waals surface area contributed by atoms with Crippen LogP contribution in [0, 0.1) is 23.7 Å². The number of hydrogen-bond acceptors (Lipinski definition) is 15. The molecule has 0 amide bonds. The molecule has 0 aromatic carbocycles. The normalized spacial score (nSPS) is 44.2.